The van der Waals surface area contributed by atoms with Crippen molar-refractivity contribution >= 4 is 50.1 Å². The zero-order valence-electron chi connectivity index (χ0n) is 10.3. The van der Waals surface area contributed by atoms with Crippen molar-refractivity contribution in [1.29, 1.82) is 0 Å². The van der Waals surface area contributed by atoms with Gasteiger partial charge in [0.05, 0.1) is 11.3 Å². The minimum atomic E-state index is -4.53. The molecule has 0 bridgehead atoms. The standard InChI is InChI=1S/C14H8BrF3INO/c15-9-3-1-2-8(6-9)13(21)20-12-5-4-10(19)7-11(12)14(16,17)18/h1-7H,(H,20,21). The number of benzene rings is 2. The molecule has 0 heterocycles. The van der Waals surface area contributed by atoms with E-state index >= 15 is 0 Å². The Bertz CT molecular complexity index is 688. The Balaban J connectivity index is 2.34. The molecule has 0 atom stereocenters. The second-order valence-electron chi connectivity index (χ2n) is 4.15. The van der Waals surface area contributed by atoms with Crippen LogP contribution in [0, 0.1) is 3.57 Å². The van der Waals surface area contributed by atoms with Crippen LogP contribution in [0.5, 0.6) is 0 Å². The van der Waals surface area contributed by atoms with Gasteiger partial charge in [0.1, 0.15) is 0 Å². The van der Waals surface area contributed by atoms with Gasteiger partial charge in [-0.3, -0.25) is 4.79 Å². The molecule has 7 heteroatoms. The Morgan fingerprint density at radius 2 is 1.86 bits per heavy atom. The number of nitrogens with one attached hydrogen (secondary N) is 1. The van der Waals surface area contributed by atoms with E-state index in [9.17, 15) is 18.0 Å². The van der Waals surface area contributed by atoms with Crippen LogP contribution >= 0.6 is 38.5 Å². The van der Waals surface area contributed by atoms with Crippen molar-refractivity contribution in [3.63, 3.8) is 0 Å². The average molecular weight is 470 g/mol. The highest BCUT2D eigenvalue weighted by atomic mass is 127. The van der Waals surface area contributed by atoms with Crippen LogP contribution in [0.3, 0.4) is 0 Å². The maximum atomic E-state index is 13.0. The maximum absolute atomic E-state index is 13.0. The average Bonchev–Trinajstić information content (AvgIpc) is 2.39. The molecule has 0 aliphatic carbocycles. The Morgan fingerprint density at radius 3 is 2.48 bits per heavy atom. The van der Waals surface area contributed by atoms with Gasteiger partial charge in [0, 0.05) is 13.6 Å². The summed E-state index contributed by atoms with van der Waals surface area (Å²) in [6.45, 7) is 0. The van der Waals surface area contributed by atoms with Crippen LogP contribution in [0.1, 0.15) is 15.9 Å². The van der Waals surface area contributed by atoms with E-state index < -0.39 is 17.6 Å². The van der Waals surface area contributed by atoms with Gasteiger partial charge in [-0.05, 0) is 59.0 Å². The van der Waals surface area contributed by atoms with Crippen LogP contribution in [0.4, 0.5) is 18.9 Å². The molecule has 0 saturated heterocycles. The molecule has 110 valence electrons. The lowest BCUT2D eigenvalue weighted by molar-refractivity contribution is -0.137. The minimum Gasteiger partial charge on any atom is -0.321 e. The van der Waals surface area contributed by atoms with Crippen molar-refractivity contribution in [2.24, 2.45) is 0 Å². The van der Waals surface area contributed by atoms with Crippen LogP contribution in [0.15, 0.2) is 46.9 Å². The zero-order valence-corrected chi connectivity index (χ0v) is 14.1. The zero-order chi connectivity index (χ0) is 15.6. The van der Waals surface area contributed by atoms with Crippen molar-refractivity contribution in [1.82, 2.24) is 0 Å². The number of anilines is 1. The van der Waals surface area contributed by atoms with Crippen LogP contribution in [-0.2, 0) is 6.18 Å². The third-order valence-corrected chi connectivity index (χ3v) is 3.79. The summed E-state index contributed by atoms with van der Waals surface area (Å²) in [7, 11) is 0. The largest absolute Gasteiger partial charge is 0.418 e. The van der Waals surface area contributed by atoms with Gasteiger partial charge in [-0.15, -0.1) is 0 Å². The Kier molecular flexibility index (Phi) is 4.92. The number of hydrogen-bond acceptors (Lipinski definition) is 1. The van der Waals surface area contributed by atoms with Crippen LogP contribution in [0.2, 0.25) is 0 Å². The number of hydrogen-bond donors (Lipinski definition) is 1. The second-order valence-corrected chi connectivity index (χ2v) is 6.31. The van der Waals surface area contributed by atoms with Gasteiger partial charge in [0.15, 0.2) is 0 Å². The number of amides is 1. The van der Waals surface area contributed by atoms with E-state index in [-0.39, 0.29) is 11.3 Å². The summed E-state index contributed by atoms with van der Waals surface area (Å²) in [6, 6.07) is 10.2. The van der Waals surface area contributed by atoms with Crippen molar-refractivity contribution in [2.75, 3.05) is 5.32 Å². The number of halogens is 5. The molecule has 1 N–H and O–H groups in total. The van der Waals surface area contributed by atoms with E-state index in [0.717, 1.165) is 6.07 Å². The molecular weight excluding hydrogens is 462 g/mol. The number of rotatable bonds is 2. The minimum absolute atomic E-state index is 0.257. The van der Waals surface area contributed by atoms with E-state index in [4.69, 9.17) is 0 Å². The summed E-state index contributed by atoms with van der Waals surface area (Å²) in [4.78, 5) is 12.0. The molecule has 0 aromatic heterocycles. The van der Waals surface area contributed by atoms with Crippen LogP contribution in [0.25, 0.3) is 0 Å². The summed E-state index contributed by atoms with van der Waals surface area (Å²) in [5.41, 5.74) is -0.846. The third kappa shape index (κ3) is 4.19. The number of carbonyl (C=O) groups is 1. The maximum Gasteiger partial charge on any atom is 0.418 e. The predicted octanol–water partition coefficient (Wildman–Crippen LogP) is 5.32. The SMILES string of the molecule is O=C(Nc1ccc(I)cc1C(F)(F)F)c1cccc(Br)c1. The van der Waals surface area contributed by atoms with Gasteiger partial charge in [0.2, 0.25) is 0 Å². The molecule has 21 heavy (non-hydrogen) atoms. The predicted molar refractivity (Wildman–Crippen MR) is 86.3 cm³/mol. The Hall–Kier alpha value is -1.09. The molecule has 1 amide bonds. The molecule has 0 aliphatic rings. The van der Waals surface area contributed by atoms with Crippen molar-refractivity contribution < 1.29 is 18.0 Å². The fraction of sp³-hybridized carbons (Fsp3) is 0.0714. The highest BCUT2D eigenvalue weighted by Crippen LogP contribution is 2.36. The second kappa shape index (κ2) is 6.35. The van der Waals surface area contributed by atoms with E-state index in [2.05, 4.69) is 21.2 Å². The van der Waals surface area contributed by atoms with Gasteiger partial charge >= 0.3 is 6.18 Å². The molecule has 0 radical (unpaired) electrons. The monoisotopic (exact) mass is 469 g/mol. The van der Waals surface area contributed by atoms with E-state index in [1.807, 2.05) is 0 Å². The fourth-order valence-corrected chi connectivity index (χ4v) is 2.57. The van der Waals surface area contributed by atoms with E-state index in [1.54, 1.807) is 34.7 Å². The van der Waals surface area contributed by atoms with Crippen LogP contribution in [-0.4, -0.2) is 5.91 Å². The van der Waals surface area contributed by atoms with Gasteiger partial charge in [-0.2, -0.15) is 13.2 Å². The number of alkyl halides is 3. The van der Waals surface area contributed by atoms with Crippen molar-refractivity contribution in [2.45, 2.75) is 6.18 Å². The third-order valence-electron chi connectivity index (χ3n) is 2.62. The molecule has 2 nitrogen and oxygen atoms in total. The van der Waals surface area contributed by atoms with E-state index in [0.29, 0.717) is 8.04 Å². The number of carbonyl (C=O) groups excluding carboxylic acids is 1. The van der Waals surface area contributed by atoms with Gasteiger partial charge < -0.3 is 5.32 Å². The molecule has 2 aromatic rings. The van der Waals surface area contributed by atoms with Gasteiger partial charge in [-0.25, -0.2) is 0 Å². The first-order chi connectivity index (χ1) is 9.77. The summed E-state index contributed by atoms with van der Waals surface area (Å²) in [6.07, 6.45) is -4.53. The van der Waals surface area contributed by atoms with Crippen LogP contribution < -0.4 is 5.32 Å². The fourth-order valence-electron chi connectivity index (χ4n) is 1.68. The topological polar surface area (TPSA) is 29.1 Å². The quantitative estimate of drug-likeness (QED) is 0.592. The molecular formula is C14H8BrF3INO. The van der Waals surface area contributed by atoms with Crippen molar-refractivity contribution in [3.05, 3.63) is 61.6 Å². The molecule has 0 fully saturated rings. The first-order valence-corrected chi connectivity index (χ1v) is 7.58. The first-order valence-electron chi connectivity index (χ1n) is 5.71. The van der Waals surface area contributed by atoms with Gasteiger partial charge in [-0.1, -0.05) is 22.0 Å². The molecule has 0 saturated carbocycles. The van der Waals surface area contributed by atoms with Gasteiger partial charge in [0.25, 0.3) is 5.91 Å². The summed E-state index contributed by atoms with van der Waals surface area (Å²) in [5.74, 6) is -0.594. The molecule has 0 spiro atoms. The molecule has 0 unspecified atom stereocenters. The smallest absolute Gasteiger partial charge is 0.321 e. The van der Waals surface area contributed by atoms with Crippen molar-refractivity contribution in [3.8, 4) is 0 Å². The summed E-state index contributed by atoms with van der Waals surface area (Å²) < 4.78 is 40.1. The molecule has 2 aromatic carbocycles. The summed E-state index contributed by atoms with van der Waals surface area (Å²) >= 11 is 5.00. The lowest BCUT2D eigenvalue weighted by Crippen LogP contribution is -2.16. The molecule has 0 aliphatic heterocycles. The first kappa shape index (κ1) is 16.3. The lowest BCUT2D eigenvalue weighted by atomic mass is 10.1. The molecule has 2 rings (SSSR count). The highest BCUT2D eigenvalue weighted by Gasteiger charge is 2.34. The summed E-state index contributed by atoms with van der Waals surface area (Å²) in [5, 5.41) is 2.30. The highest BCUT2D eigenvalue weighted by molar-refractivity contribution is 14.1. The Labute approximate surface area is 141 Å². The lowest BCUT2D eigenvalue weighted by Gasteiger charge is -2.14. The Morgan fingerprint density at radius 1 is 1.14 bits per heavy atom. The normalized spacial score (nSPS) is 11.3. The van der Waals surface area contributed by atoms with E-state index in [1.165, 1.54) is 24.3 Å².